The van der Waals surface area contributed by atoms with Gasteiger partial charge >= 0.3 is 0 Å². The van der Waals surface area contributed by atoms with Crippen LogP contribution >= 0.6 is 11.3 Å². The molecule has 26 heavy (non-hydrogen) atoms. The highest BCUT2D eigenvalue weighted by Gasteiger charge is 2.27. The SMILES string of the molecule is Cc1ccc(N2CCCC(C(=O)Nc3nc4c(C)cccc4s3)C2)nn1. The molecule has 0 bridgehead atoms. The highest BCUT2D eigenvalue weighted by molar-refractivity contribution is 7.22. The Kier molecular flexibility index (Phi) is 4.55. The Morgan fingerprint density at radius 1 is 1.23 bits per heavy atom. The summed E-state index contributed by atoms with van der Waals surface area (Å²) in [5.74, 6) is 0.801. The van der Waals surface area contributed by atoms with E-state index in [1.807, 2.05) is 44.2 Å². The summed E-state index contributed by atoms with van der Waals surface area (Å²) in [6.45, 7) is 5.52. The van der Waals surface area contributed by atoms with Crippen LogP contribution in [0.1, 0.15) is 24.1 Å². The highest BCUT2D eigenvalue weighted by Crippen LogP contribution is 2.29. The van der Waals surface area contributed by atoms with Gasteiger partial charge in [-0.1, -0.05) is 23.5 Å². The molecule has 1 unspecified atom stereocenters. The molecule has 6 nitrogen and oxygen atoms in total. The number of nitrogens with zero attached hydrogens (tertiary/aromatic N) is 4. The van der Waals surface area contributed by atoms with Crippen molar-refractivity contribution in [3.8, 4) is 0 Å². The third-order valence-electron chi connectivity index (χ3n) is 4.75. The summed E-state index contributed by atoms with van der Waals surface area (Å²) >= 11 is 1.52. The average Bonchev–Trinajstić information content (AvgIpc) is 3.06. The van der Waals surface area contributed by atoms with E-state index in [0.717, 1.165) is 46.7 Å². The number of aromatic nitrogens is 3. The van der Waals surface area contributed by atoms with Gasteiger partial charge < -0.3 is 10.2 Å². The average molecular weight is 367 g/mol. The molecule has 3 aromatic rings. The van der Waals surface area contributed by atoms with Crippen LogP contribution in [-0.4, -0.2) is 34.2 Å². The second kappa shape index (κ2) is 6.99. The van der Waals surface area contributed by atoms with E-state index in [0.29, 0.717) is 11.7 Å². The van der Waals surface area contributed by atoms with Gasteiger partial charge in [-0.05, 0) is 50.5 Å². The minimum absolute atomic E-state index is 0.0338. The second-order valence-electron chi connectivity index (χ2n) is 6.75. The van der Waals surface area contributed by atoms with E-state index in [1.54, 1.807) is 0 Å². The number of nitrogens with one attached hydrogen (secondary N) is 1. The summed E-state index contributed by atoms with van der Waals surface area (Å²) in [6.07, 6.45) is 1.85. The van der Waals surface area contributed by atoms with E-state index in [1.165, 1.54) is 11.3 Å². The van der Waals surface area contributed by atoms with Crippen molar-refractivity contribution in [2.75, 3.05) is 23.3 Å². The fraction of sp³-hybridized carbons (Fsp3) is 0.368. The van der Waals surface area contributed by atoms with Crippen LogP contribution in [0.4, 0.5) is 10.9 Å². The smallest absolute Gasteiger partial charge is 0.231 e. The molecule has 0 aliphatic carbocycles. The maximum absolute atomic E-state index is 12.8. The van der Waals surface area contributed by atoms with E-state index in [9.17, 15) is 4.79 Å². The van der Waals surface area contributed by atoms with Gasteiger partial charge in [0.15, 0.2) is 10.9 Å². The monoisotopic (exact) mass is 367 g/mol. The summed E-state index contributed by atoms with van der Waals surface area (Å²) in [7, 11) is 0. The minimum atomic E-state index is -0.0695. The Bertz CT molecular complexity index is 937. The van der Waals surface area contributed by atoms with E-state index < -0.39 is 0 Å². The lowest BCUT2D eigenvalue weighted by molar-refractivity contribution is -0.120. The Hall–Kier alpha value is -2.54. The van der Waals surface area contributed by atoms with Crippen LogP contribution in [0.25, 0.3) is 10.2 Å². The van der Waals surface area contributed by atoms with Crippen molar-refractivity contribution >= 4 is 38.4 Å². The van der Waals surface area contributed by atoms with Gasteiger partial charge in [-0.2, -0.15) is 5.10 Å². The molecule has 7 heteroatoms. The number of rotatable bonds is 3. The molecule has 1 aliphatic rings. The number of hydrogen-bond donors (Lipinski definition) is 1. The summed E-state index contributed by atoms with van der Waals surface area (Å²) < 4.78 is 1.10. The predicted molar refractivity (Wildman–Crippen MR) is 105 cm³/mol. The van der Waals surface area contributed by atoms with Crippen LogP contribution in [0.5, 0.6) is 0 Å². The fourth-order valence-electron chi connectivity index (χ4n) is 3.31. The zero-order valence-corrected chi connectivity index (χ0v) is 15.7. The molecule has 2 aromatic heterocycles. The molecule has 1 fully saturated rings. The standard InChI is InChI=1S/C19H21N5OS/c1-12-5-3-7-15-17(12)20-19(26-15)21-18(25)14-6-4-10-24(11-14)16-9-8-13(2)22-23-16/h3,5,7-9,14H,4,6,10-11H2,1-2H3,(H,20,21,25). The molecule has 1 N–H and O–H groups in total. The lowest BCUT2D eigenvalue weighted by Crippen LogP contribution is -2.41. The Labute approximate surface area is 156 Å². The number of thiazole rings is 1. The maximum atomic E-state index is 12.8. The minimum Gasteiger partial charge on any atom is -0.354 e. The van der Waals surface area contributed by atoms with Crippen molar-refractivity contribution in [1.82, 2.24) is 15.2 Å². The number of aryl methyl sites for hydroxylation is 2. The molecule has 1 aromatic carbocycles. The quantitative estimate of drug-likeness (QED) is 0.766. The first-order valence-electron chi connectivity index (χ1n) is 8.82. The van der Waals surface area contributed by atoms with E-state index in [2.05, 4.69) is 25.4 Å². The zero-order valence-electron chi connectivity index (χ0n) is 14.9. The fourth-order valence-corrected chi connectivity index (χ4v) is 4.25. The molecular weight excluding hydrogens is 346 g/mol. The number of para-hydroxylation sites is 1. The van der Waals surface area contributed by atoms with Gasteiger partial charge in [0, 0.05) is 13.1 Å². The molecule has 1 saturated heterocycles. The van der Waals surface area contributed by atoms with Gasteiger partial charge in [0.2, 0.25) is 5.91 Å². The molecule has 1 atom stereocenters. The highest BCUT2D eigenvalue weighted by atomic mass is 32.1. The normalized spacial score (nSPS) is 17.5. The number of anilines is 2. The largest absolute Gasteiger partial charge is 0.354 e. The van der Waals surface area contributed by atoms with Crippen LogP contribution in [0, 0.1) is 19.8 Å². The number of piperidine rings is 1. The molecule has 0 radical (unpaired) electrons. The third-order valence-corrected chi connectivity index (χ3v) is 5.69. The molecule has 1 aliphatic heterocycles. The van der Waals surface area contributed by atoms with Crippen LogP contribution in [0.15, 0.2) is 30.3 Å². The number of carbonyl (C=O) groups is 1. The van der Waals surface area contributed by atoms with Gasteiger partial charge in [0.1, 0.15) is 0 Å². The first kappa shape index (κ1) is 16.9. The first-order chi connectivity index (χ1) is 12.6. The third kappa shape index (κ3) is 3.39. The molecule has 4 rings (SSSR count). The van der Waals surface area contributed by atoms with Gasteiger partial charge in [0.05, 0.1) is 21.8 Å². The van der Waals surface area contributed by atoms with Gasteiger partial charge in [-0.3, -0.25) is 4.79 Å². The van der Waals surface area contributed by atoms with Crippen LogP contribution in [-0.2, 0) is 4.79 Å². The molecular formula is C19H21N5OS. The maximum Gasteiger partial charge on any atom is 0.231 e. The molecule has 3 heterocycles. The Morgan fingerprint density at radius 3 is 2.88 bits per heavy atom. The van der Waals surface area contributed by atoms with Crippen LogP contribution in [0.2, 0.25) is 0 Å². The summed E-state index contributed by atoms with van der Waals surface area (Å²) in [4.78, 5) is 19.5. The van der Waals surface area contributed by atoms with Crippen molar-refractivity contribution < 1.29 is 4.79 Å². The van der Waals surface area contributed by atoms with E-state index in [4.69, 9.17) is 0 Å². The zero-order chi connectivity index (χ0) is 18.1. The van der Waals surface area contributed by atoms with Crippen molar-refractivity contribution in [3.05, 3.63) is 41.6 Å². The van der Waals surface area contributed by atoms with E-state index in [-0.39, 0.29) is 11.8 Å². The van der Waals surface area contributed by atoms with Crippen LogP contribution < -0.4 is 10.2 Å². The lowest BCUT2D eigenvalue weighted by Gasteiger charge is -2.32. The Morgan fingerprint density at radius 2 is 2.12 bits per heavy atom. The number of benzene rings is 1. The van der Waals surface area contributed by atoms with Gasteiger partial charge in [-0.25, -0.2) is 4.98 Å². The second-order valence-corrected chi connectivity index (χ2v) is 7.78. The van der Waals surface area contributed by atoms with Gasteiger partial charge in [0.25, 0.3) is 0 Å². The predicted octanol–water partition coefficient (Wildman–Crippen LogP) is 3.56. The first-order valence-corrected chi connectivity index (χ1v) is 9.64. The van der Waals surface area contributed by atoms with Crippen LogP contribution in [0.3, 0.4) is 0 Å². The summed E-state index contributed by atoms with van der Waals surface area (Å²) in [6, 6.07) is 10.0. The van der Waals surface area contributed by atoms with Crippen molar-refractivity contribution in [2.24, 2.45) is 5.92 Å². The molecule has 134 valence electrons. The number of hydrogen-bond acceptors (Lipinski definition) is 6. The summed E-state index contributed by atoms with van der Waals surface area (Å²) in [5, 5.41) is 12.1. The van der Waals surface area contributed by atoms with Gasteiger partial charge in [-0.15, -0.1) is 5.10 Å². The molecule has 1 amide bonds. The number of fused-ring (bicyclic) bond motifs is 1. The van der Waals surface area contributed by atoms with Crippen molar-refractivity contribution in [1.29, 1.82) is 0 Å². The Balaban J connectivity index is 1.46. The molecule has 0 saturated carbocycles. The topological polar surface area (TPSA) is 71.0 Å². The van der Waals surface area contributed by atoms with Crippen molar-refractivity contribution in [3.63, 3.8) is 0 Å². The molecule has 0 spiro atoms. The summed E-state index contributed by atoms with van der Waals surface area (Å²) in [5.41, 5.74) is 2.99. The lowest BCUT2D eigenvalue weighted by atomic mass is 9.97. The van der Waals surface area contributed by atoms with E-state index >= 15 is 0 Å². The number of amides is 1. The number of carbonyl (C=O) groups excluding carboxylic acids is 1. The van der Waals surface area contributed by atoms with Crippen molar-refractivity contribution in [2.45, 2.75) is 26.7 Å².